The third-order valence-electron chi connectivity index (χ3n) is 3.34. The fraction of sp³-hybridized carbons (Fsp3) is 0.467. The molecule has 5 heteroatoms. The number of hydrogen-bond donors (Lipinski definition) is 2. The Bertz CT molecular complexity index is 459. The van der Waals surface area contributed by atoms with Crippen LogP contribution in [0.1, 0.15) is 32.3 Å². The van der Waals surface area contributed by atoms with Gasteiger partial charge in [0.2, 0.25) is 5.91 Å². The minimum absolute atomic E-state index is 0.00771. The third kappa shape index (κ3) is 4.90. The first-order valence-electron chi connectivity index (χ1n) is 6.86. The number of benzene rings is 1. The van der Waals surface area contributed by atoms with E-state index in [1.165, 1.54) is 0 Å². The van der Waals surface area contributed by atoms with E-state index in [4.69, 9.17) is 18.0 Å². The molecular formula is C15H23N3OS. The first-order chi connectivity index (χ1) is 9.45. The van der Waals surface area contributed by atoms with Crippen LogP contribution in [-0.2, 0) is 4.79 Å². The zero-order chi connectivity index (χ0) is 15.1. The fourth-order valence-electron chi connectivity index (χ4n) is 1.77. The Balaban J connectivity index is 2.58. The van der Waals surface area contributed by atoms with Gasteiger partial charge in [0.15, 0.2) is 0 Å². The Morgan fingerprint density at radius 3 is 2.50 bits per heavy atom. The van der Waals surface area contributed by atoms with E-state index in [0.29, 0.717) is 4.99 Å². The van der Waals surface area contributed by atoms with Gasteiger partial charge in [-0.25, -0.2) is 0 Å². The average molecular weight is 293 g/mol. The zero-order valence-corrected chi connectivity index (χ0v) is 13.2. The molecule has 1 atom stereocenters. The largest absolute Gasteiger partial charge is 0.389 e. The number of rotatable bonds is 7. The molecule has 0 heterocycles. The summed E-state index contributed by atoms with van der Waals surface area (Å²) in [6, 6.07) is 7.08. The van der Waals surface area contributed by atoms with E-state index < -0.39 is 0 Å². The van der Waals surface area contributed by atoms with E-state index in [0.717, 1.165) is 30.6 Å². The Labute approximate surface area is 126 Å². The number of nitrogens with two attached hydrogens (primary N) is 1. The third-order valence-corrected chi connectivity index (χ3v) is 3.58. The predicted molar refractivity (Wildman–Crippen MR) is 88.0 cm³/mol. The summed E-state index contributed by atoms with van der Waals surface area (Å²) in [5.74, 6) is -0.00771. The number of nitrogens with zero attached hydrogens (tertiary/aromatic N) is 1. The lowest BCUT2D eigenvalue weighted by molar-refractivity contribution is -0.120. The summed E-state index contributed by atoms with van der Waals surface area (Å²) in [4.78, 5) is 14.5. The summed E-state index contributed by atoms with van der Waals surface area (Å²) in [6.45, 7) is 4.97. The topological polar surface area (TPSA) is 58.4 Å². The van der Waals surface area contributed by atoms with Crippen LogP contribution in [0, 0.1) is 0 Å². The number of unbranched alkanes of at least 4 members (excludes halogenated alkanes) is 1. The van der Waals surface area contributed by atoms with Crippen LogP contribution >= 0.6 is 12.2 Å². The van der Waals surface area contributed by atoms with E-state index >= 15 is 0 Å². The fourth-order valence-corrected chi connectivity index (χ4v) is 1.90. The van der Waals surface area contributed by atoms with E-state index in [2.05, 4.69) is 17.1 Å². The Hall–Kier alpha value is -1.46. The minimum atomic E-state index is -0.156. The molecular weight excluding hydrogens is 270 g/mol. The first-order valence-corrected chi connectivity index (χ1v) is 7.27. The van der Waals surface area contributed by atoms with Crippen LogP contribution in [0.5, 0.6) is 0 Å². The van der Waals surface area contributed by atoms with Crippen molar-refractivity contribution in [3.8, 4) is 0 Å². The zero-order valence-electron chi connectivity index (χ0n) is 12.3. The van der Waals surface area contributed by atoms with Gasteiger partial charge in [-0.3, -0.25) is 9.69 Å². The van der Waals surface area contributed by atoms with Gasteiger partial charge in [0, 0.05) is 11.3 Å². The second-order valence-corrected chi connectivity index (χ2v) is 5.38. The first kappa shape index (κ1) is 16.6. The molecule has 110 valence electrons. The highest BCUT2D eigenvalue weighted by molar-refractivity contribution is 7.80. The summed E-state index contributed by atoms with van der Waals surface area (Å²) >= 11 is 4.89. The molecule has 1 aromatic rings. The number of anilines is 1. The van der Waals surface area contributed by atoms with Crippen molar-refractivity contribution in [3.05, 3.63) is 29.8 Å². The van der Waals surface area contributed by atoms with Crippen molar-refractivity contribution in [2.24, 2.45) is 5.73 Å². The van der Waals surface area contributed by atoms with Gasteiger partial charge in [-0.15, -0.1) is 0 Å². The van der Waals surface area contributed by atoms with Gasteiger partial charge in [0.25, 0.3) is 0 Å². The lowest BCUT2D eigenvalue weighted by Crippen LogP contribution is -2.40. The summed E-state index contributed by atoms with van der Waals surface area (Å²) in [5, 5.41) is 2.90. The van der Waals surface area contributed by atoms with E-state index in [1.807, 2.05) is 38.2 Å². The molecule has 0 saturated carbocycles. The van der Waals surface area contributed by atoms with Crippen molar-refractivity contribution in [1.29, 1.82) is 0 Å². The van der Waals surface area contributed by atoms with Gasteiger partial charge in [-0.2, -0.15) is 0 Å². The SMILES string of the molecule is CCCCN(C)C(C)C(=O)Nc1ccc(C(N)=S)cc1. The Morgan fingerprint density at radius 2 is 2.00 bits per heavy atom. The number of carbonyl (C=O) groups excluding carboxylic acids is 1. The normalized spacial score (nSPS) is 12.2. The van der Waals surface area contributed by atoms with Crippen molar-refractivity contribution in [2.75, 3.05) is 18.9 Å². The average Bonchev–Trinajstić information content (AvgIpc) is 2.44. The number of amides is 1. The van der Waals surface area contributed by atoms with Crippen molar-refractivity contribution in [1.82, 2.24) is 4.90 Å². The number of likely N-dealkylation sites (N-methyl/N-ethyl adjacent to an activating group) is 1. The molecule has 0 bridgehead atoms. The predicted octanol–water partition coefficient (Wildman–Crippen LogP) is 2.38. The quantitative estimate of drug-likeness (QED) is 0.758. The van der Waals surface area contributed by atoms with Crippen molar-refractivity contribution in [3.63, 3.8) is 0 Å². The van der Waals surface area contributed by atoms with Gasteiger partial charge in [0.05, 0.1) is 6.04 Å². The summed E-state index contributed by atoms with van der Waals surface area (Å²) in [6.07, 6.45) is 2.22. The standard InChI is InChI=1S/C15H23N3OS/c1-4-5-10-18(3)11(2)15(19)17-13-8-6-12(7-9-13)14(16)20/h6-9,11H,4-5,10H2,1-3H3,(H2,16,20)(H,17,19). The molecule has 20 heavy (non-hydrogen) atoms. The van der Waals surface area contributed by atoms with Gasteiger partial charge in [-0.1, -0.05) is 25.6 Å². The van der Waals surface area contributed by atoms with Gasteiger partial charge < -0.3 is 11.1 Å². The molecule has 0 aliphatic heterocycles. The van der Waals surface area contributed by atoms with Gasteiger partial charge >= 0.3 is 0 Å². The number of hydrogen-bond acceptors (Lipinski definition) is 3. The molecule has 4 nitrogen and oxygen atoms in total. The molecule has 0 aliphatic rings. The van der Waals surface area contributed by atoms with Crippen LogP contribution in [-0.4, -0.2) is 35.4 Å². The molecule has 1 unspecified atom stereocenters. The maximum atomic E-state index is 12.1. The number of nitrogens with one attached hydrogen (secondary N) is 1. The molecule has 0 fully saturated rings. The molecule has 0 aromatic heterocycles. The van der Waals surface area contributed by atoms with Gasteiger partial charge in [0.1, 0.15) is 4.99 Å². The van der Waals surface area contributed by atoms with Crippen LogP contribution in [0.25, 0.3) is 0 Å². The number of thiocarbonyl (C=S) groups is 1. The second kappa shape index (κ2) is 7.97. The van der Waals surface area contributed by atoms with E-state index in [-0.39, 0.29) is 11.9 Å². The van der Waals surface area contributed by atoms with Crippen LogP contribution in [0.15, 0.2) is 24.3 Å². The van der Waals surface area contributed by atoms with Crippen LogP contribution in [0.2, 0.25) is 0 Å². The van der Waals surface area contributed by atoms with E-state index in [9.17, 15) is 4.79 Å². The molecule has 1 aromatic carbocycles. The van der Waals surface area contributed by atoms with Crippen molar-refractivity contribution < 1.29 is 4.79 Å². The number of carbonyl (C=O) groups is 1. The van der Waals surface area contributed by atoms with Crippen LogP contribution < -0.4 is 11.1 Å². The smallest absolute Gasteiger partial charge is 0.241 e. The van der Waals surface area contributed by atoms with Gasteiger partial charge in [-0.05, 0) is 51.2 Å². The maximum absolute atomic E-state index is 12.1. The highest BCUT2D eigenvalue weighted by Gasteiger charge is 2.17. The molecule has 0 aliphatic carbocycles. The van der Waals surface area contributed by atoms with E-state index in [1.54, 1.807) is 0 Å². The maximum Gasteiger partial charge on any atom is 0.241 e. The molecule has 1 amide bonds. The van der Waals surface area contributed by atoms with Crippen LogP contribution in [0.4, 0.5) is 5.69 Å². The van der Waals surface area contributed by atoms with Crippen molar-refractivity contribution in [2.45, 2.75) is 32.7 Å². The monoisotopic (exact) mass is 293 g/mol. The van der Waals surface area contributed by atoms with Crippen LogP contribution in [0.3, 0.4) is 0 Å². The summed E-state index contributed by atoms with van der Waals surface area (Å²) in [5.41, 5.74) is 7.09. The molecule has 0 saturated heterocycles. The summed E-state index contributed by atoms with van der Waals surface area (Å²) < 4.78 is 0. The highest BCUT2D eigenvalue weighted by Crippen LogP contribution is 2.11. The Morgan fingerprint density at radius 1 is 1.40 bits per heavy atom. The highest BCUT2D eigenvalue weighted by atomic mass is 32.1. The molecule has 3 N–H and O–H groups in total. The second-order valence-electron chi connectivity index (χ2n) is 4.94. The lowest BCUT2D eigenvalue weighted by Gasteiger charge is -2.23. The molecule has 0 radical (unpaired) electrons. The molecule has 0 spiro atoms. The van der Waals surface area contributed by atoms with Crippen molar-refractivity contribution >= 4 is 28.8 Å². The summed E-state index contributed by atoms with van der Waals surface area (Å²) in [7, 11) is 1.97. The minimum Gasteiger partial charge on any atom is -0.389 e. The lowest BCUT2D eigenvalue weighted by atomic mass is 10.2. The molecule has 1 rings (SSSR count). The Kier molecular flexibility index (Phi) is 6.61.